The summed E-state index contributed by atoms with van der Waals surface area (Å²) < 4.78 is 5.12. The van der Waals surface area contributed by atoms with Crippen LogP contribution in [-0.2, 0) is 13.0 Å². The van der Waals surface area contributed by atoms with Gasteiger partial charge < -0.3 is 15.0 Å². The van der Waals surface area contributed by atoms with Gasteiger partial charge in [0.1, 0.15) is 5.75 Å². The van der Waals surface area contributed by atoms with Gasteiger partial charge >= 0.3 is 6.03 Å². The molecule has 0 spiro atoms. The van der Waals surface area contributed by atoms with E-state index in [2.05, 4.69) is 17.4 Å². The van der Waals surface area contributed by atoms with Gasteiger partial charge in [0.15, 0.2) is 0 Å². The molecular weight excluding hydrogens is 288 g/mol. The van der Waals surface area contributed by atoms with Gasteiger partial charge in [-0.2, -0.15) is 0 Å². The minimum Gasteiger partial charge on any atom is -0.497 e. The number of nitrogens with zero attached hydrogens (tertiary/aromatic N) is 1. The average Bonchev–Trinajstić information content (AvgIpc) is 2.61. The molecule has 2 amide bonds. The van der Waals surface area contributed by atoms with Gasteiger partial charge in [0.2, 0.25) is 0 Å². The van der Waals surface area contributed by atoms with E-state index in [1.807, 2.05) is 47.4 Å². The Hall–Kier alpha value is -2.75. The third-order valence-corrected chi connectivity index (χ3v) is 4.02. The summed E-state index contributed by atoms with van der Waals surface area (Å²) in [5.41, 5.74) is 3.58. The Labute approximate surface area is 136 Å². The minimum absolute atomic E-state index is 0.0655. The Balaban J connectivity index is 1.56. The number of methoxy groups -OCH3 is 1. The number of hydrogen-bond donors (Lipinski definition) is 1. The topological polar surface area (TPSA) is 41.6 Å². The number of fused-ring (bicyclic) bond motifs is 1. The van der Waals surface area contributed by atoms with E-state index in [0.29, 0.717) is 6.54 Å². The van der Waals surface area contributed by atoms with Crippen LogP contribution in [0.1, 0.15) is 16.7 Å². The predicted octanol–water partition coefficient (Wildman–Crippen LogP) is 3.43. The molecule has 23 heavy (non-hydrogen) atoms. The highest BCUT2D eigenvalue weighted by Gasteiger charge is 2.19. The molecule has 0 radical (unpaired) electrons. The second-order valence-corrected chi connectivity index (χ2v) is 5.50. The second-order valence-electron chi connectivity index (χ2n) is 5.50. The Bertz CT molecular complexity index is 708. The first kappa shape index (κ1) is 15.2. The highest BCUT2D eigenvalue weighted by atomic mass is 16.5. The lowest BCUT2D eigenvalue weighted by atomic mass is 10.0. The van der Waals surface area contributed by atoms with E-state index in [-0.39, 0.29) is 6.03 Å². The van der Waals surface area contributed by atoms with Crippen LogP contribution in [0.2, 0.25) is 0 Å². The summed E-state index contributed by atoms with van der Waals surface area (Å²) in [5.74, 6) is 0.818. The molecule has 118 valence electrons. The lowest BCUT2D eigenvalue weighted by Gasteiger charge is -2.28. The van der Waals surface area contributed by atoms with E-state index < -0.39 is 0 Å². The second kappa shape index (κ2) is 7.01. The van der Waals surface area contributed by atoms with Crippen molar-refractivity contribution < 1.29 is 9.53 Å². The SMILES string of the molecule is COc1ccc(/C=C/NC(=O)N2CCc3ccccc3C2)cc1. The van der Waals surface area contributed by atoms with E-state index in [9.17, 15) is 4.79 Å². The Kier molecular flexibility index (Phi) is 4.62. The fourth-order valence-corrected chi connectivity index (χ4v) is 2.68. The lowest BCUT2D eigenvalue weighted by molar-refractivity contribution is 0.196. The summed E-state index contributed by atoms with van der Waals surface area (Å²) in [6.07, 6.45) is 4.46. The molecule has 2 aromatic carbocycles. The molecule has 1 aliphatic heterocycles. The van der Waals surface area contributed by atoms with Gasteiger partial charge in [-0.05, 0) is 41.3 Å². The van der Waals surface area contributed by atoms with Gasteiger partial charge in [0.25, 0.3) is 0 Å². The van der Waals surface area contributed by atoms with E-state index in [4.69, 9.17) is 4.74 Å². The van der Waals surface area contributed by atoms with Crippen molar-refractivity contribution in [3.63, 3.8) is 0 Å². The van der Waals surface area contributed by atoms with Gasteiger partial charge in [-0.3, -0.25) is 0 Å². The first-order valence-corrected chi connectivity index (χ1v) is 7.69. The number of urea groups is 1. The van der Waals surface area contributed by atoms with Crippen molar-refractivity contribution in [1.29, 1.82) is 0 Å². The number of nitrogens with one attached hydrogen (secondary N) is 1. The fraction of sp³-hybridized carbons (Fsp3) is 0.211. The van der Waals surface area contributed by atoms with Gasteiger partial charge in [0, 0.05) is 19.3 Å². The highest BCUT2D eigenvalue weighted by Crippen LogP contribution is 2.18. The third kappa shape index (κ3) is 3.72. The Morgan fingerprint density at radius 2 is 1.87 bits per heavy atom. The Morgan fingerprint density at radius 3 is 2.61 bits per heavy atom. The van der Waals surface area contributed by atoms with Gasteiger partial charge in [0.05, 0.1) is 7.11 Å². The van der Waals surface area contributed by atoms with Crippen LogP contribution in [0, 0.1) is 0 Å². The van der Waals surface area contributed by atoms with Gasteiger partial charge in [-0.1, -0.05) is 36.4 Å². The number of carbonyl (C=O) groups excluding carboxylic acids is 1. The molecule has 1 N–H and O–H groups in total. The zero-order chi connectivity index (χ0) is 16.1. The van der Waals surface area contributed by atoms with Crippen LogP contribution in [0.4, 0.5) is 4.79 Å². The van der Waals surface area contributed by atoms with E-state index in [1.54, 1.807) is 13.3 Å². The van der Waals surface area contributed by atoms with Crippen molar-refractivity contribution in [2.24, 2.45) is 0 Å². The monoisotopic (exact) mass is 308 g/mol. The summed E-state index contributed by atoms with van der Waals surface area (Å²) in [7, 11) is 1.64. The fourth-order valence-electron chi connectivity index (χ4n) is 2.68. The summed E-state index contributed by atoms with van der Waals surface area (Å²) in [5, 5.41) is 2.84. The van der Waals surface area contributed by atoms with Gasteiger partial charge in [-0.15, -0.1) is 0 Å². The summed E-state index contributed by atoms with van der Waals surface area (Å²) >= 11 is 0. The number of carbonyl (C=O) groups is 1. The first-order valence-electron chi connectivity index (χ1n) is 7.69. The van der Waals surface area contributed by atoms with Crippen LogP contribution in [0.15, 0.2) is 54.7 Å². The van der Waals surface area contributed by atoms with Crippen LogP contribution in [-0.4, -0.2) is 24.6 Å². The number of ether oxygens (including phenoxy) is 1. The third-order valence-electron chi connectivity index (χ3n) is 4.02. The zero-order valence-corrected chi connectivity index (χ0v) is 13.2. The lowest BCUT2D eigenvalue weighted by Crippen LogP contribution is -2.40. The molecule has 3 rings (SSSR count). The molecule has 0 unspecified atom stereocenters. The maximum Gasteiger partial charge on any atom is 0.321 e. The molecule has 4 nitrogen and oxygen atoms in total. The molecule has 1 aliphatic rings. The summed E-state index contributed by atoms with van der Waals surface area (Å²) in [6.45, 7) is 1.41. The van der Waals surface area contributed by atoms with E-state index >= 15 is 0 Å². The van der Waals surface area contributed by atoms with Crippen molar-refractivity contribution in [3.8, 4) is 5.75 Å². The zero-order valence-electron chi connectivity index (χ0n) is 13.2. The van der Waals surface area contributed by atoms with Crippen LogP contribution < -0.4 is 10.1 Å². The number of amides is 2. The van der Waals surface area contributed by atoms with Crippen LogP contribution in [0.25, 0.3) is 6.08 Å². The standard InChI is InChI=1S/C19H20N2O2/c1-23-18-8-6-15(7-9-18)10-12-20-19(22)21-13-11-16-4-2-3-5-17(16)14-21/h2-10,12H,11,13-14H2,1H3,(H,20,22)/b12-10+. The van der Waals surface area contributed by atoms with Crippen molar-refractivity contribution in [1.82, 2.24) is 10.2 Å². The molecule has 0 atom stereocenters. The van der Waals surface area contributed by atoms with E-state index in [0.717, 1.165) is 24.3 Å². The molecule has 0 aromatic heterocycles. The summed E-state index contributed by atoms with van der Waals surface area (Å²) in [6, 6.07) is 15.9. The minimum atomic E-state index is -0.0655. The van der Waals surface area contributed by atoms with Crippen LogP contribution >= 0.6 is 0 Å². The van der Waals surface area contributed by atoms with Crippen molar-refractivity contribution >= 4 is 12.1 Å². The molecule has 0 fully saturated rings. The van der Waals surface area contributed by atoms with Crippen molar-refractivity contribution in [2.45, 2.75) is 13.0 Å². The average molecular weight is 308 g/mol. The number of rotatable bonds is 3. The molecule has 0 aliphatic carbocycles. The molecule has 0 bridgehead atoms. The largest absolute Gasteiger partial charge is 0.497 e. The van der Waals surface area contributed by atoms with Crippen LogP contribution in [0.3, 0.4) is 0 Å². The molecule has 0 saturated carbocycles. The first-order chi connectivity index (χ1) is 11.3. The summed E-state index contributed by atoms with van der Waals surface area (Å²) in [4.78, 5) is 14.1. The normalized spacial score (nSPS) is 13.7. The van der Waals surface area contributed by atoms with Crippen LogP contribution in [0.5, 0.6) is 5.75 Å². The quantitative estimate of drug-likeness (QED) is 0.944. The van der Waals surface area contributed by atoms with Gasteiger partial charge in [-0.25, -0.2) is 4.79 Å². The van der Waals surface area contributed by atoms with Crippen molar-refractivity contribution in [2.75, 3.05) is 13.7 Å². The molecular formula is C19H20N2O2. The molecule has 2 aromatic rings. The van der Waals surface area contributed by atoms with E-state index in [1.165, 1.54) is 11.1 Å². The maximum atomic E-state index is 12.2. The molecule has 0 saturated heterocycles. The highest BCUT2D eigenvalue weighted by molar-refractivity contribution is 5.76. The van der Waals surface area contributed by atoms with Crippen molar-refractivity contribution in [3.05, 3.63) is 71.4 Å². The Morgan fingerprint density at radius 1 is 1.13 bits per heavy atom. The number of benzene rings is 2. The predicted molar refractivity (Wildman–Crippen MR) is 91.1 cm³/mol. The molecule has 1 heterocycles. The number of hydrogen-bond acceptors (Lipinski definition) is 2. The smallest absolute Gasteiger partial charge is 0.321 e. The maximum absolute atomic E-state index is 12.2. The molecule has 4 heteroatoms.